The maximum absolute atomic E-state index is 13.9. The molecule has 3 heteroatoms. The summed E-state index contributed by atoms with van der Waals surface area (Å²) in [6.45, 7) is 1.77. The molecule has 0 saturated heterocycles. The predicted octanol–water partition coefficient (Wildman–Crippen LogP) is 3.80. The molecule has 1 atom stereocenters. The van der Waals surface area contributed by atoms with E-state index in [-0.39, 0.29) is 11.1 Å². The van der Waals surface area contributed by atoms with Crippen LogP contribution in [0, 0.1) is 5.82 Å². The molecule has 0 aliphatic heterocycles. The number of hydrogen-bond donors (Lipinski definition) is 0. The molecule has 1 aromatic carbocycles. The third-order valence-corrected chi connectivity index (χ3v) is 3.02. The van der Waals surface area contributed by atoms with Gasteiger partial charge in [0.1, 0.15) is 11.5 Å². The zero-order valence-corrected chi connectivity index (χ0v) is 8.94. The third kappa shape index (κ3) is 2.27. The van der Waals surface area contributed by atoms with Crippen LogP contribution in [0.5, 0.6) is 0 Å². The van der Waals surface area contributed by atoms with E-state index in [9.17, 15) is 8.78 Å². The monoisotopic (exact) mass is 248 g/mol. The van der Waals surface area contributed by atoms with Crippen LogP contribution in [0.15, 0.2) is 24.3 Å². The summed E-state index contributed by atoms with van der Waals surface area (Å²) >= 11 is 3.12. The van der Waals surface area contributed by atoms with Crippen molar-refractivity contribution in [3.8, 4) is 0 Å². The summed E-state index contributed by atoms with van der Waals surface area (Å²) in [5, 5.41) is 0.238. The van der Waals surface area contributed by atoms with Gasteiger partial charge >= 0.3 is 0 Å². The Hall–Kier alpha value is -0.440. The second-order valence-electron chi connectivity index (χ2n) is 2.96. The van der Waals surface area contributed by atoms with Gasteiger partial charge in [-0.15, -0.1) is 0 Å². The van der Waals surface area contributed by atoms with Crippen molar-refractivity contribution in [1.82, 2.24) is 0 Å². The Balaban J connectivity index is 2.99. The second-order valence-corrected chi connectivity index (χ2v) is 3.52. The fourth-order valence-corrected chi connectivity index (χ4v) is 1.84. The SMILES string of the molecule is CCC(F)(CBr)c1ccc(F)cc1. The lowest BCUT2D eigenvalue weighted by atomic mass is 9.95. The van der Waals surface area contributed by atoms with E-state index < -0.39 is 5.67 Å². The molecule has 1 rings (SSSR count). The van der Waals surface area contributed by atoms with Crippen molar-refractivity contribution in [3.05, 3.63) is 35.6 Å². The van der Waals surface area contributed by atoms with Gasteiger partial charge in [0.15, 0.2) is 0 Å². The molecule has 0 amide bonds. The van der Waals surface area contributed by atoms with Crippen LogP contribution in [0.4, 0.5) is 8.78 Å². The molecular formula is C10H11BrF2. The minimum Gasteiger partial charge on any atom is -0.238 e. The molecular weight excluding hydrogens is 238 g/mol. The first kappa shape index (κ1) is 10.6. The van der Waals surface area contributed by atoms with E-state index in [4.69, 9.17) is 0 Å². The van der Waals surface area contributed by atoms with E-state index in [0.717, 1.165) is 0 Å². The van der Waals surface area contributed by atoms with Gasteiger partial charge in [-0.05, 0) is 24.1 Å². The zero-order chi connectivity index (χ0) is 9.90. The summed E-state index contributed by atoms with van der Waals surface area (Å²) in [6, 6.07) is 5.53. The normalized spacial score (nSPS) is 15.4. The lowest BCUT2D eigenvalue weighted by molar-refractivity contribution is 0.194. The van der Waals surface area contributed by atoms with Crippen LogP contribution in [0.25, 0.3) is 0 Å². The third-order valence-electron chi connectivity index (χ3n) is 2.13. The van der Waals surface area contributed by atoms with Gasteiger partial charge in [-0.1, -0.05) is 35.0 Å². The van der Waals surface area contributed by atoms with Crippen molar-refractivity contribution in [2.75, 3.05) is 5.33 Å². The van der Waals surface area contributed by atoms with Crippen molar-refractivity contribution >= 4 is 15.9 Å². The number of alkyl halides is 2. The van der Waals surface area contributed by atoms with Crippen molar-refractivity contribution in [2.45, 2.75) is 19.0 Å². The van der Waals surface area contributed by atoms with Gasteiger partial charge in [-0.2, -0.15) is 0 Å². The van der Waals surface area contributed by atoms with Crippen LogP contribution >= 0.6 is 15.9 Å². The van der Waals surface area contributed by atoms with E-state index in [1.165, 1.54) is 24.3 Å². The Kier molecular flexibility index (Phi) is 3.42. The summed E-state index contributed by atoms with van der Waals surface area (Å²) in [7, 11) is 0. The molecule has 13 heavy (non-hydrogen) atoms. The zero-order valence-electron chi connectivity index (χ0n) is 7.36. The molecule has 0 aliphatic rings. The van der Waals surface area contributed by atoms with E-state index in [0.29, 0.717) is 12.0 Å². The lowest BCUT2D eigenvalue weighted by Gasteiger charge is -2.21. The molecule has 0 aliphatic carbocycles. The highest BCUT2D eigenvalue weighted by Crippen LogP contribution is 2.31. The Bertz CT molecular complexity index is 265. The Morgan fingerprint density at radius 3 is 2.23 bits per heavy atom. The van der Waals surface area contributed by atoms with Gasteiger partial charge in [0.05, 0.1) is 0 Å². The molecule has 0 saturated carbocycles. The summed E-state index contributed by atoms with van der Waals surface area (Å²) in [6.07, 6.45) is 0.379. The minimum atomic E-state index is -1.38. The average Bonchev–Trinajstić information content (AvgIpc) is 2.18. The molecule has 0 N–H and O–H groups in total. The van der Waals surface area contributed by atoms with Gasteiger partial charge in [0, 0.05) is 5.33 Å². The van der Waals surface area contributed by atoms with Gasteiger partial charge in [0.2, 0.25) is 0 Å². The first-order chi connectivity index (χ1) is 6.12. The molecule has 72 valence electrons. The Morgan fingerprint density at radius 1 is 1.31 bits per heavy atom. The van der Waals surface area contributed by atoms with Crippen LogP contribution < -0.4 is 0 Å². The summed E-state index contributed by atoms with van der Waals surface area (Å²) in [5.41, 5.74) is -0.860. The first-order valence-electron chi connectivity index (χ1n) is 4.13. The highest BCUT2D eigenvalue weighted by molar-refractivity contribution is 9.09. The number of halogens is 3. The second kappa shape index (κ2) is 4.18. The summed E-state index contributed by atoms with van der Waals surface area (Å²) in [4.78, 5) is 0. The summed E-state index contributed by atoms with van der Waals surface area (Å²) < 4.78 is 26.5. The van der Waals surface area contributed by atoms with Crippen LogP contribution in [0.2, 0.25) is 0 Å². The smallest absolute Gasteiger partial charge is 0.145 e. The highest BCUT2D eigenvalue weighted by atomic mass is 79.9. The largest absolute Gasteiger partial charge is 0.238 e. The summed E-state index contributed by atoms with van der Waals surface area (Å²) in [5.74, 6) is -0.336. The topological polar surface area (TPSA) is 0 Å². The molecule has 0 heterocycles. The van der Waals surface area contributed by atoms with Gasteiger partial charge in [-0.25, -0.2) is 8.78 Å². The van der Waals surface area contributed by atoms with Crippen LogP contribution in [-0.2, 0) is 5.67 Å². The highest BCUT2D eigenvalue weighted by Gasteiger charge is 2.28. The Morgan fingerprint density at radius 2 is 1.85 bits per heavy atom. The standard InChI is InChI=1S/C10H11BrF2/c1-2-10(13,7-11)8-3-5-9(12)6-4-8/h3-6H,2,7H2,1H3. The molecule has 1 aromatic rings. The number of hydrogen-bond acceptors (Lipinski definition) is 0. The van der Waals surface area contributed by atoms with Crippen molar-refractivity contribution in [1.29, 1.82) is 0 Å². The van der Waals surface area contributed by atoms with Crippen molar-refractivity contribution in [2.24, 2.45) is 0 Å². The van der Waals surface area contributed by atoms with Gasteiger partial charge < -0.3 is 0 Å². The average molecular weight is 249 g/mol. The van der Waals surface area contributed by atoms with E-state index in [1.807, 2.05) is 0 Å². The van der Waals surface area contributed by atoms with Crippen LogP contribution in [-0.4, -0.2) is 5.33 Å². The van der Waals surface area contributed by atoms with Gasteiger partial charge in [0.25, 0.3) is 0 Å². The Labute approximate surface area is 85.1 Å². The van der Waals surface area contributed by atoms with E-state index in [1.54, 1.807) is 6.92 Å². The lowest BCUT2D eigenvalue weighted by Crippen LogP contribution is -2.20. The molecule has 0 nitrogen and oxygen atoms in total. The first-order valence-corrected chi connectivity index (χ1v) is 5.25. The van der Waals surface area contributed by atoms with E-state index >= 15 is 0 Å². The quantitative estimate of drug-likeness (QED) is 0.715. The molecule has 0 radical (unpaired) electrons. The predicted molar refractivity (Wildman–Crippen MR) is 53.3 cm³/mol. The van der Waals surface area contributed by atoms with Crippen LogP contribution in [0.3, 0.4) is 0 Å². The molecule has 0 spiro atoms. The van der Waals surface area contributed by atoms with Gasteiger partial charge in [-0.3, -0.25) is 0 Å². The maximum atomic E-state index is 13.9. The number of benzene rings is 1. The number of rotatable bonds is 3. The minimum absolute atomic E-state index is 0.238. The van der Waals surface area contributed by atoms with Crippen molar-refractivity contribution in [3.63, 3.8) is 0 Å². The molecule has 0 fully saturated rings. The van der Waals surface area contributed by atoms with E-state index in [2.05, 4.69) is 15.9 Å². The molecule has 0 aromatic heterocycles. The van der Waals surface area contributed by atoms with Crippen LogP contribution in [0.1, 0.15) is 18.9 Å². The molecule has 1 unspecified atom stereocenters. The molecule has 0 bridgehead atoms. The fraction of sp³-hybridized carbons (Fsp3) is 0.400. The van der Waals surface area contributed by atoms with Crippen molar-refractivity contribution < 1.29 is 8.78 Å². The maximum Gasteiger partial charge on any atom is 0.145 e. The fourth-order valence-electron chi connectivity index (χ4n) is 1.12.